The molecule has 1 aromatic rings. The van der Waals surface area contributed by atoms with E-state index in [1.807, 2.05) is 18.2 Å². The van der Waals surface area contributed by atoms with E-state index < -0.39 is 0 Å². The van der Waals surface area contributed by atoms with Gasteiger partial charge >= 0.3 is 0 Å². The lowest BCUT2D eigenvalue weighted by atomic mass is 9.98. The lowest BCUT2D eigenvalue weighted by Gasteiger charge is -2.28. The first-order chi connectivity index (χ1) is 9.17. The number of Topliss-reactive ketones (excluding diaryl/α,β-unsaturated/α-hetero) is 1. The van der Waals surface area contributed by atoms with E-state index in [4.69, 9.17) is 0 Å². The molecule has 3 nitrogen and oxygen atoms in total. The van der Waals surface area contributed by atoms with Gasteiger partial charge in [0, 0.05) is 6.54 Å². The average molecular weight is 275 g/mol. The van der Waals surface area contributed by atoms with Crippen molar-refractivity contribution in [2.24, 2.45) is 0 Å². The van der Waals surface area contributed by atoms with E-state index in [1.165, 1.54) is 16.9 Å². The summed E-state index contributed by atoms with van der Waals surface area (Å²) >= 11 is 1.45. The Morgan fingerprint density at radius 2 is 2.32 bits per heavy atom. The number of hydrogen-bond acceptors (Lipinski definition) is 3. The highest BCUT2D eigenvalue weighted by Crippen LogP contribution is 2.35. The summed E-state index contributed by atoms with van der Waals surface area (Å²) in [4.78, 5) is 26.1. The number of carbonyl (C=O) groups is 2. The van der Waals surface area contributed by atoms with E-state index in [1.54, 1.807) is 11.8 Å². The van der Waals surface area contributed by atoms with Crippen molar-refractivity contribution in [1.29, 1.82) is 0 Å². The van der Waals surface area contributed by atoms with Gasteiger partial charge in [0.1, 0.15) is 0 Å². The molecule has 1 aliphatic heterocycles. The standard InChI is InChI=1S/C15H17NO2S/c1-3-5-12-6-4-9-16(10-17)15(12)14-8-7-13(19-14)11(2)18/h3,7-8,10H,1,4-6,9H2,2H3. The number of hydrogen-bond donors (Lipinski definition) is 0. The Morgan fingerprint density at radius 1 is 1.53 bits per heavy atom. The van der Waals surface area contributed by atoms with Gasteiger partial charge in [0.05, 0.1) is 15.5 Å². The van der Waals surface area contributed by atoms with Crippen LogP contribution in [0.3, 0.4) is 0 Å². The second-order valence-corrected chi connectivity index (χ2v) is 5.65. The van der Waals surface area contributed by atoms with E-state index in [0.29, 0.717) is 0 Å². The minimum atomic E-state index is 0.0654. The molecule has 19 heavy (non-hydrogen) atoms. The molecule has 0 bridgehead atoms. The van der Waals surface area contributed by atoms with Crippen molar-refractivity contribution in [2.75, 3.05) is 6.54 Å². The van der Waals surface area contributed by atoms with Crippen LogP contribution in [-0.2, 0) is 4.79 Å². The fraction of sp³-hybridized carbons (Fsp3) is 0.333. The Labute approximate surface area is 117 Å². The van der Waals surface area contributed by atoms with Gasteiger partial charge < -0.3 is 4.90 Å². The summed E-state index contributed by atoms with van der Waals surface area (Å²) < 4.78 is 0. The first-order valence-corrected chi connectivity index (χ1v) is 7.15. The zero-order valence-corrected chi connectivity index (χ0v) is 11.8. The third kappa shape index (κ3) is 2.84. The molecule has 0 aromatic carbocycles. The second-order valence-electron chi connectivity index (χ2n) is 4.57. The van der Waals surface area contributed by atoms with Crippen molar-refractivity contribution in [1.82, 2.24) is 4.90 Å². The summed E-state index contributed by atoms with van der Waals surface area (Å²) in [6.07, 6.45) is 5.50. The predicted molar refractivity (Wildman–Crippen MR) is 78.1 cm³/mol. The van der Waals surface area contributed by atoms with Crippen molar-refractivity contribution < 1.29 is 9.59 Å². The second kappa shape index (κ2) is 5.97. The number of thiophene rings is 1. The summed E-state index contributed by atoms with van der Waals surface area (Å²) in [6.45, 7) is 6.08. The van der Waals surface area contributed by atoms with Gasteiger partial charge in [-0.1, -0.05) is 6.08 Å². The van der Waals surface area contributed by atoms with Crippen LogP contribution in [0, 0.1) is 0 Å². The topological polar surface area (TPSA) is 37.4 Å². The maximum absolute atomic E-state index is 11.4. The molecule has 0 N–H and O–H groups in total. The van der Waals surface area contributed by atoms with Crippen LogP contribution in [0.1, 0.15) is 40.7 Å². The first-order valence-electron chi connectivity index (χ1n) is 6.33. The lowest BCUT2D eigenvalue weighted by Crippen LogP contribution is -2.26. The molecule has 0 unspecified atom stereocenters. The third-order valence-electron chi connectivity index (χ3n) is 3.20. The van der Waals surface area contributed by atoms with Crippen LogP contribution in [0.15, 0.2) is 30.4 Å². The Balaban J connectivity index is 2.46. The molecule has 2 rings (SSSR count). The monoisotopic (exact) mass is 275 g/mol. The maximum Gasteiger partial charge on any atom is 0.214 e. The highest BCUT2D eigenvalue weighted by molar-refractivity contribution is 7.15. The summed E-state index contributed by atoms with van der Waals surface area (Å²) in [7, 11) is 0. The summed E-state index contributed by atoms with van der Waals surface area (Å²) in [6, 6.07) is 3.76. The molecule has 0 fully saturated rings. The number of nitrogens with zero attached hydrogens (tertiary/aromatic N) is 1. The van der Waals surface area contributed by atoms with Crippen molar-refractivity contribution in [2.45, 2.75) is 26.2 Å². The number of allylic oxidation sites excluding steroid dienone is 2. The molecule has 0 aliphatic carbocycles. The van der Waals surface area contributed by atoms with Gasteiger partial charge in [-0.05, 0) is 43.9 Å². The highest BCUT2D eigenvalue weighted by Gasteiger charge is 2.22. The molecular weight excluding hydrogens is 258 g/mol. The number of rotatable bonds is 5. The number of carbonyl (C=O) groups excluding carboxylic acids is 2. The van der Waals surface area contributed by atoms with Crippen LogP contribution in [-0.4, -0.2) is 23.6 Å². The first kappa shape index (κ1) is 13.7. The minimum Gasteiger partial charge on any atom is -0.314 e. The molecule has 0 radical (unpaired) electrons. The SMILES string of the molecule is C=CCC1=C(c2ccc(C(C)=O)s2)N(C=O)CCC1. The fourth-order valence-electron chi connectivity index (χ4n) is 2.34. The fourth-order valence-corrected chi connectivity index (χ4v) is 3.36. The molecular formula is C15H17NO2S. The van der Waals surface area contributed by atoms with Crippen LogP contribution in [0.5, 0.6) is 0 Å². The van der Waals surface area contributed by atoms with Crippen LogP contribution < -0.4 is 0 Å². The molecule has 2 heterocycles. The largest absolute Gasteiger partial charge is 0.314 e. The smallest absolute Gasteiger partial charge is 0.214 e. The van der Waals surface area contributed by atoms with Crippen molar-refractivity contribution >= 4 is 29.2 Å². The van der Waals surface area contributed by atoms with Gasteiger partial charge in [-0.15, -0.1) is 17.9 Å². The molecule has 0 atom stereocenters. The van der Waals surface area contributed by atoms with Crippen LogP contribution >= 0.6 is 11.3 Å². The van der Waals surface area contributed by atoms with Gasteiger partial charge in [0.15, 0.2) is 5.78 Å². The van der Waals surface area contributed by atoms with Crippen LogP contribution in [0.4, 0.5) is 0 Å². The zero-order chi connectivity index (χ0) is 13.8. The zero-order valence-electron chi connectivity index (χ0n) is 11.0. The minimum absolute atomic E-state index is 0.0654. The van der Waals surface area contributed by atoms with Gasteiger partial charge in [-0.2, -0.15) is 0 Å². The van der Waals surface area contributed by atoms with Gasteiger partial charge in [0.25, 0.3) is 0 Å². The van der Waals surface area contributed by atoms with Crippen LogP contribution in [0.2, 0.25) is 0 Å². The average Bonchev–Trinajstić information content (AvgIpc) is 2.88. The van der Waals surface area contributed by atoms with Crippen molar-refractivity contribution in [3.05, 3.63) is 40.1 Å². The van der Waals surface area contributed by atoms with E-state index in [-0.39, 0.29) is 5.78 Å². The molecule has 0 saturated heterocycles. The van der Waals surface area contributed by atoms with E-state index in [0.717, 1.165) is 47.7 Å². The summed E-state index contributed by atoms with van der Waals surface area (Å²) in [5, 5.41) is 0. The Bertz CT molecular complexity index is 542. The molecule has 1 aliphatic rings. The van der Waals surface area contributed by atoms with Gasteiger partial charge in [0.2, 0.25) is 6.41 Å². The molecule has 0 saturated carbocycles. The van der Waals surface area contributed by atoms with Crippen LogP contribution in [0.25, 0.3) is 5.70 Å². The Morgan fingerprint density at radius 3 is 2.89 bits per heavy atom. The lowest BCUT2D eigenvalue weighted by molar-refractivity contribution is -0.115. The summed E-state index contributed by atoms with van der Waals surface area (Å²) in [5.74, 6) is 0.0654. The van der Waals surface area contributed by atoms with Gasteiger partial charge in [-0.3, -0.25) is 9.59 Å². The van der Waals surface area contributed by atoms with E-state index in [2.05, 4.69) is 6.58 Å². The van der Waals surface area contributed by atoms with E-state index in [9.17, 15) is 9.59 Å². The third-order valence-corrected chi connectivity index (χ3v) is 4.40. The number of amides is 1. The predicted octanol–water partition coefficient (Wildman–Crippen LogP) is 3.49. The molecule has 1 amide bonds. The normalized spacial score (nSPS) is 15.5. The van der Waals surface area contributed by atoms with Crippen molar-refractivity contribution in [3.8, 4) is 0 Å². The molecule has 4 heteroatoms. The molecule has 1 aromatic heterocycles. The molecule has 100 valence electrons. The van der Waals surface area contributed by atoms with Crippen molar-refractivity contribution in [3.63, 3.8) is 0 Å². The quantitative estimate of drug-likeness (QED) is 0.468. The highest BCUT2D eigenvalue weighted by atomic mass is 32.1. The van der Waals surface area contributed by atoms with Gasteiger partial charge in [-0.25, -0.2) is 0 Å². The number of ketones is 1. The van der Waals surface area contributed by atoms with E-state index >= 15 is 0 Å². The Kier molecular flexibility index (Phi) is 4.32. The molecule has 0 spiro atoms. The maximum atomic E-state index is 11.4. The Hall–Kier alpha value is -1.68. The summed E-state index contributed by atoms with van der Waals surface area (Å²) in [5.41, 5.74) is 2.20.